The van der Waals surface area contributed by atoms with E-state index in [2.05, 4.69) is 51.4 Å². The second-order valence-corrected chi connectivity index (χ2v) is 8.74. The first-order valence-electron chi connectivity index (χ1n) is 12.1. The monoisotopic (exact) mass is 453 g/mol. The van der Waals surface area contributed by atoms with E-state index in [4.69, 9.17) is 9.26 Å². The lowest BCUT2D eigenvalue weighted by Crippen LogP contribution is -2.46. The van der Waals surface area contributed by atoms with Crippen LogP contribution in [0.15, 0.2) is 95.5 Å². The number of hydrogen-bond donors (Lipinski definition) is 0. The van der Waals surface area contributed by atoms with Gasteiger partial charge in [0.1, 0.15) is 23.0 Å². The molecule has 3 aromatic carbocycles. The van der Waals surface area contributed by atoms with Crippen molar-refractivity contribution in [1.82, 2.24) is 10.1 Å². The minimum absolute atomic E-state index is 0.792. The summed E-state index contributed by atoms with van der Waals surface area (Å²) in [7, 11) is 0. The van der Waals surface area contributed by atoms with Gasteiger partial charge in [0.15, 0.2) is 0 Å². The van der Waals surface area contributed by atoms with Crippen molar-refractivity contribution >= 4 is 5.69 Å². The Morgan fingerprint density at radius 1 is 0.735 bits per heavy atom. The maximum absolute atomic E-state index is 5.95. The van der Waals surface area contributed by atoms with Crippen LogP contribution in [0.5, 0.6) is 11.5 Å². The number of ether oxygens (including phenoxy) is 1. The van der Waals surface area contributed by atoms with Gasteiger partial charge in [-0.1, -0.05) is 53.7 Å². The number of aromatic nitrogens is 1. The SMILES string of the molecule is c1ccc(Oc2cccc(-c3cc(CCCCN4CCN(c5ccccc5)CC4)on3)c2)cc1. The molecule has 0 bridgehead atoms. The Morgan fingerprint density at radius 2 is 1.47 bits per heavy atom. The first-order chi connectivity index (χ1) is 16.8. The molecule has 0 spiro atoms. The van der Waals surface area contributed by atoms with Crippen molar-refractivity contribution in [2.75, 3.05) is 37.6 Å². The van der Waals surface area contributed by atoms with Gasteiger partial charge in [-0.3, -0.25) is 4.90 Å². The highest BCUT2D eigenvalue weighted by molar-refractivity contribution is 5.61. The molecule has 5 heteroatoms. The molecule has 1 saturated heterocycles. The Morgan fingerprint density at radius 3 is 2.26 bits per heavy atom. The van der Waals surface area contributed by atoms with Crippen LogP contribution in [-0.2, 0) is 6.42 Å². The average molecular weight is 454 g/mol. The third-order valence-electron chi connectivity index (χ3n) is 6.31. The molecule has 1 fully saturated rings. The third-order valence-corrected chi connectivity index (χ3v) is 6.31. The van der Waals surface area contributed by atoms with E-state index in [9.17, 15) is 0 Å². The van der Waals surface area contributed by atoms with E-state index < -0.39 is 0 Å². The fraction of sp³-hybridized carbons (Fsp3) is 0.276. The molecule has 174 valence electrons. The summed E-state index contributed by atoms with van der Waals surface area (Å²) in [6.45, 7) is 5.60. The third kappa shape index (κ3) is 5.86. The van der Waals surface area contributed by atoms with Crippen LogP contribution in [0.25, 0.3) is 11.3 Å². The predicted octanol–water partition coefficient (Wildman–Crippen LogP) is 6.28. The van der Waals surface area contributed by atoms with Crippen LogP contribution in [0.2, 0.25) is 0 Å². The molecule has 1 aliphatic heterocycles. The Kier molecular flexibility index (Phi) is 7.22. The first-order valence-corrected chi connectivity index (χ1v) is 12.1. The van der Waals surface area contributed by atoms with Gasteiger partial charge >= 0.3 is 0 Å². The molecule has 0 aliphatic carbocycles. The second-order valence-electron chi connectivity index (χ2n) is 8.74. The van der Waals surface area contributed by atoms with Gasteiger partial charge in [-0.05, 0) is 55.8 Å². The van der Waals surface area contributed by atoms with Crippen molar-refractivity contribution in [3.05, 3.63) is 96.8 Å². The van der Waals surface area contributed by atoms with Crippen molar-refractivity contribution in [1.29, 1.82) is 0 Å². The molecule has 0 N–H and O–H groups in total. The molecule has 2 heterocycles. The largest absolute Gasteiger partial charge is 0.457 e. The summed E-state index contributed by atoms with van der Waals surface area (Å²) in [5.41, 5.74) is 3.19. The quantitative estimate of drug-likeness (QED) is 0.279. The molecule has 1 aliphatic rings. The summed E-state index contributed by atoms with van der Waals surface area (Å²) in [6.07, 6.45) is 3.18. The van der Waals surface area contributed by atoms with Gasteiger partial charge in [0, 0.05) is 49.9 Å². The number of rotatable bonds is 9. The molecule has 34 heavy (non-hydrogen) atoms. The molecule has 0 amide bonds. The number of piperazine rings is 1. The Labute approximate surface area is 201 Å². The van der Waals surface area contributed by atoms with Gasteiger partial charge in [0.2, 0.25) is 0 Å². The molecule has 0 saturated carbocycles. The topological polar surface area (TPSA) is 41.7 Å². The summed E-state index contributed by atoms with van der Waals surface area (Å²) < 4.78 is 11.6. The molecule has 0 radical (unpaired) electrons. The van der Waals surface area contributed by atoms with Crippen molar-refractivity contribution in [2.45, 2.75) is 19.3 Å². The minimum Gasteiger partial charge on any atom is -0.457 e. The smallest absolute Gasteiger partial charge is 0.137 e. The lowest BCUT2D eigenvalue weighted by atomic mass is 10.1. The highest BCUT2D eigenvalue weighted by Gasteiger charge is 2.16. The maximum Gasteiger partial charge on any atom is 0.137 e. The lowest BCUT2D eigenvalue weighted by Gasteiger charge is -2.36. The van der Waals surface area contributed by atoms with E-state index in [1.807, 2.05) is 54.6 Å². The van der Waals surface area contributed by atoms with Crippen LogP contribution in [0.3, 0.4) is 0 Å². The number of para-hydroxylation sites is 2. The predicted molar refractivity (Wildman–Crippen MR) is 136 cm³/mol. The van der Waals surface area contributed by atoms with Crippen LogP contribution in [0.4, 0.5) is 5.69 Å². The maximum atomic E-state index is 5.95. The van der Waals surface area contributed by atoms with E-state index in [0.717, 1.165) is 74.1 Å². The Hall–Kier alpha value is -3.57. The summed E-state index contributed by atoms with van der Waals surface area (Å²) >= 11 is 0. The van der Waals surface area contributed by atoms with Gasteiger partial charge in [0.05, 0.1) is 0 Å². The molecule has 5 nitrogen and oxygen atoms in total. The van der Waals surface area contributed by atoms with Gasteiger partial charge in [-0.25, -0.2) is 0 Å². The second kappa shape index (κ2) is 11.0. The number of hydrogen-bond acceptors (Lipinski definition) is 5. The van der Waals surface area contributed by atoms with Crippen LogP contribution in [-0.4, -0.2) is 42.8 Å². The number of aryl methyl sites for hydroxylation is 1. The highest BCUT2D eigenvalue weighted by atomic mass is 16.5. The number of unbranched alkanes of at least 4 members (excludes halogenated alkanes) is 1. The van der Waals surface area contributed by atoms with Gasteiger partial charge < -0.3 is 14.2 Å². The molecular formula is C29H31N3O2. The summed E-state index contributed by atoms with van der Waals surface area (Å²) in [6, 6.07) is 30.6. The highest BCUT2D eigenvalue weighted by Crippen LogP contribution is 2.27. The van der Waals surface area contributed by atoms with E-state index in [0.29, 0.717) is 0 Å². The summed E-state index contributed by atoms with van der Waals surface area (Å²) in [5.74, 6) is 2.56. The molecular weight excluding hydrogens is 422 g/mol. The molecule has 0 atom stereocenters. The molecule has 0 unspecified atom stereocenters. The van der Waals surface area contributed by atoms with Crippen molar-refractivity contribution in [2.24, 2.45) is 0 Å². The van der Waals surface area contributed by atoms with E-state index >= 15 is 0 Å². The normalized spacial score (nSPS) is 14.3. The van der Waals surface area contributed by atoms with Crippen molar-refractivity contribution in [3.63, 3.8) is 0 Å². The Bertz CT molecular complexity index is 1150. The van der Waals surface area contributed by atoms with Crippen LogP contribution < -0.4 is 9.64 Å². The zero-order valence-corrected chi connectivity index (χ0v) is 19.5. The van der Waals surface area contributed by atoms with Crippen LogP contribution in [0.1, 0.15) is 18.6 Å². The Balaban J connectivity index is 1.06. The van der Waals surface area contributed by atoms with Gasteiger partial charge in [-0.2, -0.15) is 0 Å². The minimum atomic E-state index is 0.792. The van der Waals surface area contributed by atoms with Gasteiger partial charge in [0.25, 0.3) is 0 Å². The fourth-order valence-corrected chi connectivity index (χ4v) is 4.41. The average Bonchev–Trinajstić information content (AvgIpc) is 3.37. The summed E-state index contributed by atoms with van der Waals surface area (Å²) in [5, 5.41) is 4.29. The number of benzene rings is 3. The van der Waals surface area contributed by atoms with Gasteiger partial charge in [-0.15, -0.1) is 0 Å². The van der Waals surface area contributed by atoms with Crippen LogP contribution >= 0.6 is 0 Å². The van der Waals surface area contributed by atoms with E-state index in [1.165, 1.54) is 12.1 Å². The molecule has 4 aromatic rings. The zero-order valence-electron chi connectivity index (χ0n) is 19.5. The van der Waals surface area contributed by atoms with Crippen molar-refractivity contribution in [3.8, 4) is 22.8 Å². The lowest BCUT2D eigenvalue weighted by molar-refractivity contribution is 0.251. The standard InChI is InChI=1S/C29H31N3O2/c1-3-11-25(12-4-1)32-20-18-31(19-21-32)17-8-7-15-28-23-29(30-34-28)24-10-9-16-27(22-24)33-26-13-5-2-6-14-26/h1-6,9-14,16,22-23H,7-8,15,17-21H2. The van der Waals surface area contributed by atoms with Crippen molar-refractivity contribution < 1.29 is 9.26 Å². The zero-order chi connectivity index (χ0) is 23.0. The van der Waals surface area contributed by atoms with E-state index in [1.54, 1.807) is 0 Å². The number of nitrogens with zero attached hydrogens (tertiary/aromatic N) is 3. The van der Waals surface area contributed by atoms with Crippen LogP contribution in [0, 0.1) is 0 Å². The van der Waals surface area contributed by atoms with E-state index in [-0.39, 0.29) is 0 Å². The first kappa shape index (κ1) is 22.2. The summed E-state index contributed by atoms with van der Waals surface area (Å²) in [4.78, 5) is 5.05. The molecule has 5 rings (SSSR count). The number of anilines is 1. The fourth-order valence-electron chi connectivity index (χ4n) is 4.41. The molecule has 1 aromatic heterocycles.